The van der Waals surface area contributed by atoms with Crippen LogP contribution in [0, 0.1) is 0 Å². The molecule has 1 aromatic carbocycles. The minimum Gasteiger partial charge on any atom is -0.375 e. The first-order valence-corrected chi connectivity index (χ1v) is 6.58. The Morgan fingerprint density at radius 2 is 1.94 bits per heavy atom. The molecule has 0 saturated heterocycles. The molecule has 1 rings (SSSR count). The molecule has 0 radical (unpaired) electrons. The van der Waals surface area contributed by atoms with Gasteiger partial charge < -0.3 is 10.6 Å². The quantitative estimate of drug-likeness (QED) is 0.793. The monoisotopic (exact) mass is 242 g/mol. The number of hydrogen-bond donors (Lipinski definition) is 2. The van der Waals surface area contributed by atoms with Crippen molar-refractivity contribution in [3.05, 3.63) is 24.3 Å². The van der Waals surface area contributed by atoms with E-state index in [1.54, 1.807) is 18.2 Å². The second kappa shape index (κ2) is 4.98. The number of rotatable bonds is 4. The van der Waals surface area contributed by atoms with Gasteiger partial charge in [-0.15, -0.1) is 0 Å². The first-order valence-electron chi connectivity index (χ1n) is 4.68. The van der Waals surface area contributed by atoms with E-state index in [0.29, 0.717) is 5.69 Å². The van der Waals surface area contributed by atoms with Crippen LogP contribution in [0.4, 0.5) is 5.69 Å². The van der Waals surface area contributed by atoms with E-state index in [2.05, 4.69) is 10.6 Å². The van der Waals surface area contributed by atoms with Crippen molar-refractivity contribution in [3.63, 3.8) is 0 Å². The van der Waals surface area contributed by atoms with Gasteiger partial charge in [-0.25, -0.2) is 8.42 Å². The summed E-state index contributed by atoms with van der Waals surface area (Å²) in [7, 11) is -1.76. The Morgan fingerprint density at radius 3 is 2.50 bits per heavy atom. The summed E-state index contributed by atoms with van der Waals surface area (Å²) in [4.78, 5) is 11.2. The molecule has 0 spiro atoms. The van der Waals surface area contributed by atoms with E-state index in [-0.39, 0.29) is 17.3 Å². The summed E-state index contributed by atoms with van der Waals surface area (Å²) in [5.41, 5.74) is 0.439. The molecule has 0 aromatic heterocycles. The van der Waals surface area contributed by atoms with Gasteiger partial charge in [0.25, 0.3) is 0 Å². The zero-order chi connectivity index (χ0) is 12.2. The van der Waals surface area contributed by atoms with Gasteiger partial charge in [0, 0.05) is 13.3 Å². The number of benzene rings is 1. The summed E-state index contributed by atoms with van der Waals surface area (Å²) in [6.45, 7) is 0.0447. The zero-order valence-electron chi connectivity index (χ0n) is 9.15. The third kappa shape index (κ3) is 3.23. The van der Waals surface area contributed by atoms with Crippen LogP contribution in [0.2, 0.25) is 0 Å². The second-order valence-electron chi connectivity index (χ2n) is 3.30. The molecule has 88 valence electrons. The van der Waals surface area contributed by atoms with Gasteiger partial charge in [0.15, 0.2) is 9.84 Å². The third-order valence-corrected chi connectivity index (χ3v) is 3.16. The Morgan fingerprint density at radius 1 is 1.31 bits per heavy atom. The topological polar surface area (TPSA) is 75.3 Å². The summed E-state index contributed by atoms with van der Waals surface area (Å²) in [6, 6.07) is 6.48. The molecule has 0 bridgehead atoms. The molecule has 1 aromatic rings. The lowest BCUT2D eigenvalue weighted by Gasteiger charge is -2.09. The van der Waals surface area contributed by atoms with Gasteiger partial charge >= 0.3 is 0 Å². The van der Waals surface area contributed by atoms with Gasteiger partial charge in [-0.1, -0.05) is 12.1 Å². The molecule has 0 unspecified atom stereocenters. The standard InChI is InChI=1S/C10H14N2O3S/c1-11-10(13)7-12-8-5-3-4-6-9(8)16(2,14)15/h3-6,12H,7H2,1-2H3,(H,11,13). The Balaban J connectivity index is 2.93. The number of amides is 1. The lowest BCUT2D eigenvalue weighted by Crippen LogP contribution is -2.26. The van der Waals surface area contributed by atoms with Crippen LogP contribution in [0.5, 0.6) is 0 Å². The molecule has 0 fully saturated rings. The van der Waals surface area contributed by atoms with E-state index in [0.717, 1.165) is 6.26 Å². The highest BCUT2D eigenvalue weighted by atomic mass is 32.2. The fraction of sp³-hybridized carbons (Fsp3) is 0.300. The first-order chi connectivity index (χ1) is 7.45. The van der Waals surface area contributed by atoms with E-state index < -0.39 is 9.84 Å². The average molecular weight is 242 g/mol. The minimum absolute atomic E-state index is 0.0447. The van der Waals surface area contributed by atoms with Crippen molar-refractivity contribution in [1.82, 2.24) is 5.32 Å². The van der Waals surface area contributed by atoms with Crippen molar-refractivity contribution in [2.75, 3.05) is 25.2 Å². The number of nitrogens with one attached hydrogen (secondary N) is 2. The van der Waals surface area contributed by atoms with Crippen molar-refractivity contribution in [2.24, 2.45) is 0 Å². The van der Waals surface area contributed by atoms with Gasteiger partial charge in [0.1, 0.15) is 0 Å². The maximum Gasteiger partial charge on any atom is 0.239 e. The number of carbonyl (C=O) groups is 1. The normalized spacial score (nSPS) is 10.9. The van der Waals surface area contributed by atoms with Crippen LogP contribution < -0.4 is 10.6 Å². The fourth-order valence-corrected chi connectivity index (χ4v) is 2.07. The second-order valence-corrected chi connectivity index (χ2v) is 5.28. The van der Waals surface area contributed by atoms with E-state index in [4.69, 9.17) is 0 Å². The molecule has 0 aliphatic heterocycles. The molecule has 0 aliphatic rings. The SMILES string of the molecule is CNC(=O)CNc1ccccc1S(C)(=O)=O. The van der Waals surface area contributed by atoms with Crippen LogP contribution in [-0.4, -0.2) is 34.2 Å². The van der Waals surface area contributed by atoms with Crippen LogP contribution in [0.3, 0.4) is 0 Å². The maximum atomic E-state index is 11.4. The zero-order valence-corrected chi connectivity index (χ0v) is 9.97. The number of hydrogen-bond acceptors (Lipinski definition) is 4. The molecule has 0 atom stereocenters. The molecular formula is C10H14N2O3S. The molecule has 0 aliphatic carbocycles. The smallest absolute Gasteiger partial charge is 0.239 e. The molecule has 1 amide bonds. The van der Waals surface area contributed by atoms with Gasteiger partial charge in [-0.3, -0.25) is 4.79 Å². The average Bonchev–Trinajstić information content (AvgIpc) is 2.25. The predicted molar refractivity (Wildman–Crippen MR) is 62.1 cm³/mol. The van der Waals surface area contributed by atoms with E-state index in [9.17, 15) is 13.2 Å². The Hall–Kier alpha value is -1.56. The van der Waals surface area contributed by atoms with Gasteiger partial charge in [-0.2, -0.15) is 0 Å². The van der Waals surface area contributed by atoms with Crippen LogP contribution in [0.1, 0.15) is 0 Å². The van der Waals surface area contributed by atoms with Gasteiger partial charge in [0.2, 0.25) is 5.91 Å². The summed E-state index contributed by atoms with van der Waals surface area (Å²) in [5.74, 6) is -0.205. The first kappa shape index (κ1) is 12.5. The van der Waals surface area contributed by atoms with Gasteiger partial charge in [0.05, 0.1) is 17.1 Å². The Labute approximate surface area is 94.8 Å². The van der Waals surface area contributed by atoms with Crippen LogP contribution in [-0.2, 0) is 14.6 Å². The largest absolute Gasteiger partial charge is 0.375 e. The summed E-state index contributed by atoms with van der Waals surface area (Å²) >= 11 is 0. The fourth-order valence-electron chi connectivity index (χ4n) is 1.20. The van der Waals surface area contributed by atoms with Crippen molar-refractivity contribution < 1.29 is 13.2 Å². The molecular weight excluding hydrogens is 228 g/mol. The van der Waals surface area contributed by atoms with E-state index in [1.165, 1.54) is 13.1 Å². The lowest BCUT2D eigenvalue weighted by atomic mass is 10.3. The Kier molecular flexibility index (Phi) is 3.89. The van der Waals surface area contributed by atoms with E-state index >= 15 is 0 Å². The predicted octanol–water partition coefficient (Wildman–Crippen LogP) is 0.248. The Bertz CT molecular complexity index is 483. The summed E-state index contributed by atoms with van der Waals surface area (Å²) in [6.07, 6.45) is 1.13. The lowest BCUT2D eigenvalue weighted by molar-refractivity contribution is -0.118. The number of sulfone groups is 1. The molecule has 16 heavy (non-hydrogen) atoms. The van der Waals surface area contributed by atoms with E-state index in [1.807, 2.05) is 0 Å². The number of para-hydroxylation sites is 1. The summed E-state index contributed by atoms with van der Waals surface area (Å²) in [5, 5.41) is 5.22. The van der Waals surface area contributed by atoms with Crippen LogP contribution >= 0.6 is 0 Å². The van der Waals surface area contributed by atoms with Gasteiger partial charge in [-0.05, 0) is 12.1 Å². The van der Waals surface area contributed by atoms with Crippen LogP contribution in [0.25, 0.3) is 0 Å². The molecule has 0 saturated carbocycles. The van der Waals surface area contributed by atoms with Crippen molar-refractivity contribution >= 4 is 21.4 Å². The van der Waals surface area contributed by atoms with Crippen molar-refractivity contribution in [1.29, 1.82) is 0 Å². The highest BCUT2D eigenvalue weighted by Gasteiger charge is 2.12. The maximum absolute atomic E-state index is 11.4. The van der Waals surface area contributed by atoms with Crippen LogP contribution in [0.15, 0.2) is 29.2 Å². The highest BCUT2D eigenvalue weighted by molar-refractivity contribution is 7.90. The number of likely N-dealkylation sites (N-methyl/N-ethyl adjacent to an activating group) is 1. The molecule has 6 heteroatoms. The highest BCUT2D eigenvalue weighted by Crippen LogP contribution is 2.19. The molecule has 2 N–H and O–H groups in total. The third-order valence-electron chi connectivity index (χ3n) is 2.00. The number of carbonyl (C=O) groups excluding carboxylic acids is 1. The molecule has 0 heterocycles. The van der Waals surface area contributed by atoms with Crippen molar-refractivity contribution in [2.45, 2.75) is 4.90 Å². The molecule has 5 nitrogen and oxygen atoms in total. The summed E-state index contributed by atoms with van der Waals surface area (Å²) < 4.78 is 22.9. The number of anilines is 1. The minimum atomic E-state index is -3.28. The van der Waals surface area contributed by atoms with Crippen molar-refractivity contribution in [3.8, 4) is 0 Å².